The number of Topliss-reactive ketones (excluding diaryl/α,β-unsaturated/α-hetero) is 1. The molecule has 0 unspecified atom stereocenters. The zero-order chi connectivity index (χ0) is 11.3. The number of rotatable bonds is 5. The topological polar surface area (TPSA) is 57.7 Å². The number of carbonyl (C=O) groups is 1. The first-order valence-corrected chi connectivity index (χ1v) is 4.31. The minimum Gasteiger partial charge on any atom is -0.495 e. The quantitative estimate of drug-likeness (QED) is 0.534. The van der Waals surface area contributed by atoms with Crippen LogP contribution in [0.15, 0.2) is 18.5 Å². The lowest BCUT2D eigenvalue weighted by atomic mass is 10.2. The van der Waals surface area contributed by atoms with Gasteiger partial charge in [-0.2, -0.15) is 0 Å². The van der Waals surface area contributed by atoms with E-state index in [4.69, 9.17) is 14.2 Å². The third kappa shape index (κ3) is 2.74. The highest BCUT2D eigenvalue weighted by molar-refractivity contribution is 5.98. The molecule has 0 radical (unpaired) electrons. The first-order valence-electron chi connectivity index (χ1n) is 4.31. The maximum absolute atomic E-state index is 11.7. The molecule has 0 aromatic carbocycles. The minimum absolute atomic E-state index is 0.286. The van der Waals surface area contributed by atoms with Gasteiger partial charge >= 0.3 is 0 Å². The molecule has 5 nitrogen and oxygen atoms in total. The van der Waals surface area contributed by atoms with E-state index in [1.54, 1.807) is 6.07 Å². The van der Waals surface area contributed by atoms with Crippen molar-refractivity contribution in [2.45, 2.75) is 6.29 Å². The van der Waals surface area contributed by atoms with Crippen LogP contribution in [0.3, 0.4) is 0 Å². The van der Waals surface area contributed by atoms with Gasteiger partial charge in [-0.3, -0.25) is 9.78 Å². The van der Waals surface area contributed by atoms with Crippen LogP contribution < -0.4 is 4.74 Å². The van der Waals surface area contributed by atoms with Crippen molar-refractivity contribution in [1.82, 2.24) is 4.98 Å². The zero-order valence-electron chi connectivity index (χ0n) is 8.89. The second kappa shape index (κ2) is 5.43. The standard InChI is InChI=1S/C10H13NO4/c1-13-8-4-7(5-11-6-8)9(12)10(14-2)15-3/h4-6,10H,1-3H3. The molecular formula is C10H13NO4. The fourth-order valence-electron chi connectivity index (χ4n) is 1.11. The Morgan fingerprint density at radius 3 is 2.47 bits per heavy atom. The molecule has 0 spiro atoms. The number of nitrogens with zero attached hydrogens (tertiary/aromatic N) is 1. The molecule has 0 aliphatic rings. The van der Waals surface area contributed by atoms with Gasteiger partial charge in [0.25, 0.3) is 0 Å². The highest BCUT2D eigenvalue weighted by Gasteiger charge is 2.19. The molecule has 0 aliphatic carbocycles. The molecule has 0 amide bonds. The summed E-state index contributed by atoms with van der Waals surface area (Å²) in [5.74, 6) is 0.234. The molecule has 0 saturated carbocycles. The summed E-state index contributed by atoms with van der Waals surface area (Å²) in [6.45, 7) is 0. The summed E-state index contributed by atoms with van der Waals surface area (Å²) in [7, 11) is 4.31. The number of pyridine rings is 1. The second-order valence-electron chi connectivity index (χ2n) is 2.78. The van der Waals surface area contributed by atoms with Crippen molar-refractivity contribution in [3.63, 3.8) is 0 Å². The first-order chi connectivity index (χ1) is 7.22. The third-order valence-corrected chi connectivity index (χ3v) is 1.88. The van der Waals surface area contributed by atoms with Crippen LogP contribution in [0.2, 0.25) is 0 Å². The molecule has 15 heavy (non-hydrogen) atoms. The monoisotopic (exact) mass is 211 g/mol. The molecule has 1 aromatic rings. The summed E-state index contributed by atoms with van der Waals surface area (Å²) >= 11 is 0. The van der Waals surface area contributed by atoms with Crippen molar-refractivity contribution < 1.29 is 19.0 Å². The average Bonchev–Trinajstić information content (AvgIpc) is 2.30. The van der Waals surface area contributed by atoms with E-state index >= 15 is 0 Å². The van der Waals surface area contributed by atoms with Crippen molar-refractivity contribution in [3.05, 3.63) is 24.0 Å². The summed E-state index contributed by atoms with van der Waals surface area (Å²) < 4.78 is 14.7. The maximum atomic E-state index is 11.7. The minimum atomic E-state index is -0.904. The van der Waals surface area contributed by atoms with E-state index in [9.17, 15) is 4.79 Å². The lowest BCUT2D eigenvalue weighted by Gasteiger charge is -2.11. The van der Waals surface area contributed by atoms with Gasteiger partial charge in [-0.25, -0.2) is 0 Å². The second-order valence-corrected chi connectivity index (χ2v) is 2.78. The van der Waals surface area contributed by atoms with E-state index in [1.807, 2.05) is 0 Å². The lowest BCUT2D eigenvalue weighted by Crippen LogP contribution is -2.25. The van der Waals surface area contributed by atoms with Crippen LogP contribution in [0, 0.1) is 0 Å². The highest BCUT2D eigenvalue weighted by atomic mass is 16.7. The first kappa shape index (κ1) is 11.6. The van der Waals surface area contributed by atoms with E-state index in [-0.39, 0.29) is 5.78 Å². The molecular weight excluding hydrogens is 198 g/mol. The molecule has 0 fully saturated rings. The van der Waals surface area contributed by atoms with Crippen molar-refractivity contribution in [2.24, 2.45) is 0 Å². The van der Waals surface area contributed by atoms with Crippen LogP contribution in [0.25, 0.3) is 0 Å². The van der Waals surface area contributed by atoms with Gasteiger partial charge in [0.2, 0.25) is 12.1 Å². The van der Waals surface area contributed by atoms with Gasteiger partial charge in [0, 0.05) is 26.0 Å². The van der Waals surface area contributed by atoms with Crippen molar-refractivity contribution in [1.29, 1.82) is 0 Å². The Bertz CT molecular complexity index is 336. The zero-order valence-corrected chi connectivity index (χ0v) is 8.89. The Labute approximate surface area is 88.0 Å². The van der Waals surface area contributed by atoms with Gasteiger partial charge in [-0.1, -0.05) is 0 Å². The SMILES string of the molecule is COc1cncc(C(=O)C(OC)OC)c1. The van der Waals surface area contributed by atoms with Gasteiger partial charge in [0.05, 0.1) is 13.3 Å². The molecule has 0 aliphatic heterocycles. The molecule has 5 heteroatoms. The van der Waals surface area contributed by atoms with Crippen molar-refractivity contribution in [2.75, 3.05) is 21.3 Å². The molecule has 82 valence electrons. The number of ether oxygens (including phenoxy) is 3. The van der Waals surface area contributed by atoms with E-state index in [0.29, 0.717) is 11.3 Å². The summed E-state index contributed by atoms with van der Waals surface area (Å²) in [6.07, 6.45) is 2.06. The summed E-state index contributed by atoms with van der Waals surface area (Å²) in [6, 6.07) is 1.58. The summed E-state index contributed by atoms with van der Waals surface area (Å²) in [5.41, 5.74) is 0.392. The van der Waals surface area contributed by atoms with E-state index in [2.05, 4.69) is 4.98 Å². The molecule has 0 N–H and O–H groups in total. The van der Waals surface area contributed by atoms with Crippen LogP contribution in [0.1, 0.15) is 10.4 Å². The number of hydrogen-bond donors (Lipinski definition) is 0. The Morgan fingerprint density at radius 1 is 1.27 bits per heavy atom. The number of hydrogen-bond acceptors (Lipinski definition) is 5. The summed E-state index contributed by atoms with van der Waals surface area (Å²) in [5, 5.41) is 0. The molecule has 0 saturated heterocycles. The lowest BCUT2D eigenvalue weighted by molar-refractivity contribution is -0.0742. The fraction of sp³-hybridized carbons (Fsp3) is 0.400. The molecule has 1 aromatic heterocycles. The normalized spacial score (nSPS) is 10.4. The van der Waals surface area contributed by atoms with Crippen LogP contribution in [0.5, 0.6) is 5.75 Å². The van der Waals surface area contributed by atoms with Gasteiger partial charge in [-0.05, 0) is 6.07 Å². The molecule has 0 atom stereocenters. The number of carbonyl (C=O) groups excluding carboxylic acids is 1. The van der Waals surface area contributed by atoms with Gasteiger partial charge in [0.15, 0.2) is 0 Å². The predicted molar refractivity (Wildman–Crippen MR) is 52.9 cm³/mol. The Kier molecular flexibility index (Phi) is 4.20. The van der Waals surface area contributed by atoms with Crippen molar-refractivity contribution >= 4 is 5.78 Å². The maximum Gasteiger partial charge on any atom is 0.222 e. The van der Waals surface area contributed by atoms with E-state index in [0.717, 1.165) is 0 Å². The Balaban J connectivity index is 2.90. The number of ketones is 1. The predicted octanol–water partition coefficient (Wildman–Crippen LogP) is 0.892. The largest absolute Gasteiger partial charge is 0.495 e. The highest BCUT2D eigenvalue weighted by Crippen LogP contribution is 2.13. The average molecular weight is 211 g/mol. The number of aromatic nitrogens is 1. The van der Waals surface area contributed by atoms with Crippen molar-refractivity contribution in [3.8, 4) is 5.75 Å². The van der Waals surface area contributed by atoms with E-state index in [1.165, 1.54) is 33.7 Å². The third-order valence-electron chi connectivity index (χ3n) is 1.88. The molecule has 0 bridgehead atoms. The Morgan fingerprint density at radius 2 is 1.93 bits per heavy atom. The van der Waals surface area contributed by atoms with Crippen LogP contribution in [-0.2, 0) is 9.47 Å². The van der Waals surface area contributed by atoms with Gasteiger partial charge in [-0.15, -0.1) is 0 Å². The van der Waals surface area contributed by atoms with E-state index < -0.39 is 6.29 Å². The van der Waals surface area contributed by atoms with Gasteiger partial charge in [0.1, 0.15) is 5.75 Å². The molecule has 1 rings (SSSR count). The van der Waals surface area contributed by atoms with Crippen LogP contribution in [-0.4, -0.2) is 38.4 Å². The Hall–Kier alpha value is -1.46. The van der Waals surface area contributed by atoms with Gasteiger partial charge < -0.3 is 14.2 Å². The smallest absolute Gasteiger partial charge is 0.222 e. The fourth-order valence-corrected chi connectivity index (χ4v) is 1.11. The van der Waals surface area contributed by atoms with Crippen LogP contribution >= 0.6 is 0 Å². The van der Waals surface area contributed by atoms with Crippen LogP contribution in [0.4, 0.5) is 0 Å². The number of methoxy groups -OCH3 is 3. The molecule has 1 heterocycles. The summed E-state index contributed by atoms with van der Waals surface area (Å²) in [4.78, 5) is 15.6.